The summed E-state index contributed by atoms with van der Waals surface area (Å²) in [7, 11) is 3.03. The van der Waals surface area contributed by atoms with Gasteiger partial charge in [-0.2, -0.15) is 0 Å². The van der Waals surface area contributed by atoms with Gasteiger partial charge in [-0.15, -0.1) is 0 Å². The molecule has 0 aliphatic carbocycles. The van der Waals surface area contributed by atoms with Gasteiger partial charge in [0.15, 0.2) is 27.8 Å². The molecular weight excluding hydrogens is 704 g/mol. The molecular formula is C35H33BrN2O9S. The van der Waals surface area contributed by atoms with Gasteiger partial charge in [0.2, 0.25) is 0 Å². The van der Waals surface area contributed by atoms with Gasteiger partial charge in [-0.25, -0.2) is 14.6 Å². The second-order valence-electron chi connectivity index (χ2n) is 10.5. The minimum atomic E-state index is -1.02. The molecule has 0 saturated heterocycles. The van der Waals surface area contributed by atoms with E-state index in [1.54, 1.807) is 68.5 Å². The highest BCUT2D eigenvalue weighted by Gasteiger charge is 2.35. The Bertz CT molecular complexity index is 2100. The molecule has 13 heteroatoms. The van der Waals surface area contributed by atoms with Crippen molar-refractivity contribution in [2.24, 2.45) is 4.99 Å². The van der Waals surface area contributed by atoms with Crippen LogP contribution in [0, 0.1) is 0 Å². The Morgan fingerprint density at radius 3 is 2.42 bits per heavy atom. The van der Waals surface area contributed by atoms with Gasteiger partial charge in [0.05, 0.1) is 54.8 Å². The number of carboxylic acid groups (broad SMARTS) is 1. The normalized spacial score (nSPS) is 14.2. The number of rotatable bonds is 12. The van der Waals surface area contributed by atoms with Crippen molar-refractivity contribution >= 4 is 45.3 Å². The number of allylic oxidation sites excluding steroid dienone is 1. The first-order chi connectivity index (χ1) is 23.1. The minimum absolute atomic E-state index is 0.128. The highest BCUT2D eigenvalue weighted by Crippen LogP contribution is 2.41. The summed E-state index contributed by atoms with van der Waals surface area (Å²) in [6, 6.07) is 14.4. The molecule has 0 bridgehead atoms. The molecule has 1 aliphatic rings. The number of aromatic nitrogens is 1. The quantitative estimate of drug-likeness (QED) is 0.194. The maximum atomic E-state index is 14.2. The van der Waals surface area contributed by atoms with Crippen LogP contribution in [0.1, 0.15) is 53.9 Å². The van der Waals surface area contributed by atoms with E-state index in [4.69, 9.17) is 23.7 Å². The lowest BCUT2D eigenvalue weighted by Crippen LogP contribution is -2.40. The van der Waals surface area contributed by atoms with Crippen molar-refractivity contribution in [2.75, 3.05) is 27.4 Å². The van der Waals surface area contributed by atoms with Crippen LogP contribution in [0.25, 0.3) is 6.08 Å². The number of carboxylic acids is 1. The molecule has 4 aromatic rings. The number of halogens is 1. The average molecular weight is 738 g/mol. The Kier molecular flexibility index (Phi) is 10.7. The zero-order valence-corrected chi connectivity index (χ0v) is 29.3. The number of hydrogen-bond donors (Lipinski definition) is 1. The zero-order chi connectivity index (χ0) is 34.5. The molecule has 0 spiro atoms. The highest BCUT2D eigenvalue weighted by atomic mass is 79.9. The van der Waals surface area contributed by atoms with E-state index < -0.39 is 18.0 Å². The first-order valence-electron chi connectivity index (χ1n) is 14.9. The number of fused-ring (bicyclic) bond motifs is 1. The first kappa shape index (κ1) is 34.5. The number of carbonyl (C=O) groups is 2. The molecule has 0 radical (unpaired) electrons. The SMILES string of the molecule is CCOC(=O)C1=C(C)N=c2s/c(=C/c3ccc(OCc4cccc(C(=O)O)c4)c(OC)c3)c(=O)n2[C@@H]1c1cc(OC)c(OCC)cc1Br. The molecule has 5 rings (SSSR count). The molecule has 1 aliphatic heterocycles. The molecule has 2 heterocycles. The predicted molar refractivity (Wildman–Crippen MR) is 183 cm³/mol. The van der Waals surface area contributed by atoms with Crippen LogP contribution < -0.4 is 33.8 Å². The molecule has 0 unspecified atom stereocenters. The Hall–Kier alpha value is -4.88. The Balaban J connectivity index is 1.57. The second-order valence-corrected chi connectivity index (χ2v) is 12.3. The van der Waals surface area contributed by atoms with Crippen LogP contribution in [0.2, 0.25) is 0 Å². The van der Waals surface area contributed by atoms with Crippen molar-refractivity contribution in [2.45, 2.75) is 33.4 Å². The van der Waals surface area contributed by atoms with Crippen molar-refractivity contribution < 1.29 is 38.4 Å². The Morgan fingerprint density at radius 1 is 0.979 bits per heavy atom. The number of aromatic carboxylic acids is 1. The standard InChI is InChI=1S/C35H33BrN2O9S/c1-6-45-28-17-24(36)23(16-27(28)44-5)31-30(34(42)46-7-2)19(3)37-35-38(31)32(39)29(48-35)15-20-11-12-25(26(14-20)43-4)47-18-21-9-8-10-22(13-21)33(40)41/h8-17,31H,6-7,18H2,1-5H3,(H,40,41)/b29-15+/t31-/m1/s1. The molecule has 1 N–H and O–H groups in total. The molecule has 1 aromatic heterocycles. The fraction of sp³-hybridized carbons (Fsp3) is 0.257. The number of hydrogen-bond acceptors (Lipinski definition) is 10. The third-order valence-electron chi connectivity index (χ3n) is 7.45. The molecule has 0 amide bonds. The summed E-state index contributed by atoms with van der Waals surface area (Å²) in [5.74, 6) is 0.230. The molecule has 1 atom stereocenters. The van der Waals surface area contributed by atoms with E-state index in [1.165, 1.54) is 36.2 Å². The van der Waals surface area contributed by atoms with Gasteiger partial charge in [-0.3, -0.25) is 9.36 Å². The second kappa shape index (κ2) is 14.9. The van der Waals surface area contributed by atoms with Gasteiger partial charge in [-0.05, 0) is 79.9 Å². The van der Waals surface area contributed by atoms with Crippen LogP contribution in [-0.2, 0) is 16.1 Å². The topological polar surface area (TPSA) is 135 Å². The molecule has 48 heavy (non-hydrogen) atoms. The fourth-order valence-electron chi connectivity index (χ4n) is 5.27. The van der Waals surface area contributed by atoms with Gasteiger partial charge in [-0.1, -0.05) is 45.5 Å². The summed E-state index contributed by atoms with van der Waals surface area (Å²) in [6.07, 6.45) is 1.72. The third-order valence-corrected chi connectivity index (χ3v) is 9.12. The van der Waals surface area contributed by atoms with Crippen molar-refractivity contribution in [3.63, 3.8) is 0 Å². The fourth-order valence-corrected chi connectivity index (χ4v) is 6.86. The lowest BCUT2D eigenvalue weighted by Gasteiger charge is -2.26. The van der Waals surface area contributed by atoms with Gasteiger partial charge >= 0.3 is 11.9 Å². The maximum Gasteiger partial charge on any atom is 0.338 e. The highest BCUT2D eigenvalue weighted by molar-refractivity contribution is 9.10. The van der Waals surface area contributed by atoms with E-state index in [0.29, 0.717) is 65.8 Å². The first-order valence-corrected chi connectivity index (χ1v) is 16.5. The molecule has 250 valence electrons. The van der Waals surface area contributed by atoms with Crippen molar-refractivity contribution in [1.82, 2.24) is 4.57 Å². The summed E-state index contributed by atoms with van der Waals surface area (Å²) in [6.45, 7) is 6.00. The van der Waals surface area contributed by atoms with Gasteiger partial charge < -0.3 is 28.8 Å². The van der Waals surface area contributed by atoms with Gasteiger partial charge in [0, 0.05) is 4.47 Å². The number of methoxy groups -OCH3 is 2. The number of esters is 1. The van der Waals surface area contributed by atoms with Crippen LogP contribution in [0.3, 0.4) is 0 Å². The molecule has 11 nitrogen and oxygen atoms in total. The lowest BCUT2D eigenvalue weighted by molar-refractivity contribution is -0.139. The number of carbonyl (C=O) groups excluding carboxylic acids is 1. The van der Waals surface area contributed by atoms with Crippen LogP contribution in [0.15, 0.2) is 80.1 Å². The minimum Gasteiger partial charge on any atom is -0.493 e. The van der Waals surface area contributed by atoms with Crippen LogP contribution in [0.4, 0.5) is 0 Å². The van der Waals surface area contributed by atoms with Crippen LogP contribution >= 0.6 is 27.3 Å². The number of ether oxygens (including phenoxy) is 5. The summed E-state index contributed by atoms with van der Waals surface area (Å²) in [5.41, 5.74) is 2.43. The number of thiazole rings is 1. The average Bonchev–Trinajstić information content (AvgIpc) is 3.37. The smallest absolute Gasteiger partial charge is 0.338 e. The van der Waals surface area contributed by atoms with E-state index in [2.05, 4.69) is 20.9 Å². The Labute approximate surface area is 288 Å². The maximum absolute atomic E-state index is 14.2. The largest absolute Gasteiger partial charge is 0.493 e. The summed E-state index contributed by atoms with van der Waals surface area (Å²) < 4.78 is 30.8. The third kappa shape index (κ3) is 7.02. The summed E-state index contributed by atoms with van der Waals surface area (Å²) in [5, 5.41) is 9.28. The zero-order valence-electron chi connectivity index (χ0n) is 26.9. The van der Waals surface area contributed by atoms with Crippen molar-refractivity contribution in [3.8, 4) is 23.0 Å². The summed E-state index contributed by atoms with van der Waals surface area (Å²) >= 11 is 4.83. The Morgan fingerprint density at radius 2 is 1.73 bits per heavy atom. The number of benzene rings is 3. The van der Waals surface area contributed by atoms with E-state index in [-0.39, 0.29) is 29.9 Å². The molecule has 0 saturated carbocycles. The summed E-state index contributed by atoms with van der Waals surface area (Å²) in [4.78, 5) is 43.9. The van der Waals surface area contributed by atoms with E-state index >= 15 is 0 Å². The van der Waals surface area contributed by atoms with Gasteiger partial charge in [0.1, 0.15) is 6.61 Å². The van der Waals surface area contributed by atoms with Gasteiger partial charge in [0.25, 0.3) is 5.56 Å². The monoisotopic (exact) mass is 736 g/mol. The van der Waals surface area contributed by atoms with Crippen molar-refractivity contribution in [3.05, 3.63) is 112 Å². The van der Waals surface area contributed by atoms with E-state index in [0.717, 1.165) is 0 Å². The van der Waals surface area contributed by atoms with Crippen LogP contribution in [0.5, 0.6) is 23.0 Å². The van der Waals surface area contributed by atoms with Crippen LogP contribution in [-0.4, -0.2) is 49.0 Å². The lowest BCUT2D eigenvalue weighted by atomic mass is 9.95. The predicted octanol–water partition coefficient (Wildman–Crippen LogP) is 5.25. The van der Waals surface area contributed by atoms with E-state index in [1.807, 2.05) is 6.92 Å². The molecule has 3 aromatic carbocycles. The van der Waals surface area contributed by atoms with Crippen molar-refractivity contribution in [1.29, 1.82) is 0 Å². The number of nitrogens with zero attached hydrogens (tertiary/aromatic N) is 2. The van der Waals surface area contributed by atoms with E-state index in [9.17, 15) is 19.5 Å². The molecule has 0 fully saturated rings.